The molecule has 45 heavy (non-hydrogen) atoms. The first-order valence-corrected chi connectivity index (χ1v) is 18.1. The van der Waals surface area contributed by atoms with E-state index in [1.807, 2.05) is 68.4 Å². The topological polar surface area (TPSA) is 69.6 Å². The van der Waals surface area contributed by atoms with E-state index in [0.29, 0.717) is 4.73 Å². The van der Waals surface area contributed by atoms with Crippen molar-refractivity contribution < 1.29 is 23.4 Å². The number of nitrogens with zero attached hydrogens (tertiary/aromatic N) is 2. The van der Waals surface area contributed by atoms with Crippen molar-refractivity contribution in [2.24, 2.45) is 4.99 Å². The molecule has 0 aromatic heterocycles. The van der Waals surface area contributed by atoms with Gasteiger partial charge in [0.2, 0.25) is 0 Å². The van der Waals surface area contributed by atoms with Crippen LogP contribution in [-0.2, 0) is 23.4 Å². The third-order valence-electron chi connectivity index (χ3n) is 9.17. The van der Waals surface area contributed by atoms with Crippen molar-refractivity contribution in [2.45, 2.75) is 69.5 Å². The first-order valence-electron chi connectivity index (χ1n) is 15.3. The van der Waals surface area contributed by atoms with E-state index in [1.165, 1.54) is 0 Å². The molecule has 3 aliphatic rings. The van der Waals surface area contributed by atoms with Crippen molar-refractivity contribution in [1.29, 1.82) is 0 Å². The summed E-state index contributed by atoms with van der Waals surface area (Å²) in [5, 5.41) is 4.02. The summed E-state index contributed by atoms with van der Waals surface area (Å²) in [6, 6.07) is 34.9. The zero-order chi connectivity index (χ0) is 31.6. The molecule has 4 atom stereocenters. The third-order valence-corrected chi connectivity index (χ3v) is 14.8. The predicted molar refractivity (Wildman–Crippen MR) is 180 cm³/mol. The number of aliphatic imine (C=N–C) groups is 1. The SMILES string of the molecule is CC1(C)O[C@@H]2O[C@H](CO[Si](c3ccccc3)(c3ccccc3)C(C)(C)C)[C@@]3(N=C([Se])N(c4cccc5ccccc45)C3=O)[C@@H]2O1. The molecule has 1 radical (unpaired) electrons. The molecular weight excluding hydrogens is 647 g/mol. The Labute approximate surface area is 273 Å². The Balaban J connectivity index is 1.33. The zero-order valence-electron chi connectivity index (χ0n) is 26.1. The van der Waals surface area contributed by atoms with E-state index in [0.717, 1.165) is 26.8 Å². The first-order chi connectivity index (χ1) is 21.5. The number of fused-ring (bicyclic) bond motifs is 3. The molecule has 7 rings (SSSR count). The number of rotatable bonds is 6. The molecule has 0 N–H and O–H groups in total. The Kier molecular flexibility index (Phi) is 7.45. The van der Waals surface area contributed by atoms with Crippen molar-refractivity contribution in [1.82, 2.24) is 0 Å². The molecule has 7 nitrogen and oxygen atoms in total. The molecule has 9 heteroatoms. The average Bonchev–Trinajstić information content (AvgIpc) is 3.58. The molecule has 0 unspecified atom stereocenters. The Morgan fingerprint density at radius 3 is 2.11 bits per heavy atom. The summed E-state index contributed by atoms with van der Waals surface area (Å²) in [6.45, 7) is 10.5. The zero-order valence-corrected chi connectivity index (χ0v) is 28.8. The Morgan fingerprint density at radius 2 is 1.47 bits per heavy atom. The fraction of sp³-hybridized carbons (Fsp3) is 0.333. The van der Waals surface area contributed by atoms with E-state index < -0.39 is 38.1 Å². The fourth-order valence-electron chi connectivity index (χ4n) is 7.24. The first kappa shape index (κ1) is 30.5. The number of anilines is 1. The van der Waals surface area contributed by atoms with Gasteiger partial charge in [-0.1, -0.05) is 0 Å². The van der Waals surface area contributed by atoms with Gasteiger partial charge in [0.05, 0.1) is 0 Å². The maximum atomic E-state index is 14.9. The number of amides is 1. The fourth-order valence-corrected chi connectivity index (χ4v) is 12.5. The molecule has 2 fully saturated rings. The van der Waals surface area contributed by atoms with Crippen molar-refractivity contribution in [3.8, 4) is 0 Å². The van der Waals surface area contributed by atoms with Crippen LogP contribution in [0, 0.1) is 0 Å². The van der Waals surface area contributed by atoms with Crippen LogP contribution in [0.2, 0.25) is 5.04 Å². The molecule has 3 aliphatic heterocycles. The van der Waals surface area contributed by atoms with Crippen LogP contribution in [0.3, 0.4) is 0 Å². The monoisotopic (exact) mass is 685 g/mol. The van der Waals surface area contributed by atoms with Crippen LogP contribution in [0.15, 0.2) is 108 Å². The number of amidine groups is 1. The molecule has 4 aromatic carbocycles. The van der Waals surface area contributed by atoms with Crippen molar-refractivity contribution in [2.75, 3.05) is 11.5 Å². The quantitative estimate of drug-likeness (QED) is 0.271. The van der Waals surface area contributed by atoms with Gasteiger partial charge in [-0.25, -0.2) is 0 Å². The van der Waals surface area contributed by atoms with Crippen LogP contribution in [0.1, 0.15) is 34.6 Å². The second-order valence-corrected chi connectivity index (χ2v) is 18.5. The Bertz CT molecular complexity index is 1730. The number of benzene rings is 4. The summed E-state index contributed by atoms with van der Waals surface area (Å²) in [7, 11) is -2.95. The molecule has 0 bridgehead atoms. The van der Waals surface area contributed by atoms with Crippen LogP contribution in [-0.4, -0.2) is 71.4 Å². The minimum atomic E-state index is -2.95. The predicted octanol–water partition coefficient (Wildman–Crippen LogP) is 4.90. The van der Waals surface area contributed by atoms with Gasteiger partial charge in [-0.05, 0) is 0 Å². The summed E-state index contributed by atoms with van der Waals surface area (Å²) in [4.78, 5) is 21.7. The van der Waals surface area contributed by atoms with Crippen molar-refractivity contribution in [3.05, 3.63) is 103 Å². The van der Waals surface area contributed by atoms with Gasteiger partial charge in [-0.15, -0.1) is 0 Å². The van der Waals surface area contributed by atoms with E-state index in [2.05, 4.69) is 85.3 Å². The van der Waals surface area contributed by atoms with Crippen LogP contribution in [0.25, 0.3) is 10.8 Å². The van der Waals surface area contributed by atoms with E-state index in [1.54, 1.807) is 4.90 Å². The number of hydrogen-bond acceptors (Lipinski definition) is 6. The van der Waals surface area contributed by atoms with E-state index in [9.17, 15) is 4.79 Å². The van der Waals surface area contributed by atoms with Gasteiger partial charge in [-0.3, -0.25) is 0 Å². The molecular formula is C36H37N2O5SeSi. The molecule has 1 amide bonds. The van der Waals surface area contributed by atoms with Gasteiger partial charge in [0.25, 0.3) is 0 Å². The van der Waals surface area contributed by atoms with E-state index in [4.69, 9.17) is 23.6 Å². The molecule has 4 aromatic rings. The van der Waals surface area contributed by atoms with Gasteiger partial charge in [0.15, 0.2) is 0 Å². The number of carbonyl (C=O) groups excluding carboxylic acids is 1. The van der Waals surface area contributed by atoms with E-state index >= 15 is 0 Å². The van der Waals surface area contributed by atoms with Gasteiger partial charge in [0, 0.05) is 0 Å². The Morgan fingerprint density at radius 1 is 0.867 bits per heavy atom. The normalized spacial score (nSPS) is 26.1. The summed E-state index contributed by atoms with van der Waals surface area (Å²) >= 11 is 3.07. The number of carbonyl (C=O) groups is 1. The second kappa shape index (κ2) is 11.0. The van der Waals surface area contributed by atoms with Crippen LogP contribution < -0.4 is 15.3 Å². The van der Waals surface area contributed by atoms with Crippen LogP contribution in [0.4, 0.5) is 5.69 Å². The summed E-state index contributed by atoms with van der Waals surface area (Å²) in [6.07, 6.45) is -2.29. The molecule has 0 aliphatic carbocycles. The Hall–Kier alpha value is -3.14. The number of ether oxygens (including phenoxy) is 3. The van der Waals surface area contributed by atoms with Crippen LogP contribution >= 0.6 is 0 Å². The maximum absolute atomic E-state index is 14.9. The molecule has 2 saturated heterocycles. The second-order valence-electron chi connectivity index (χ2n) is 13.4. The molecule has 0 saturated carbocycles. The molecule has 231 valence electrons. The standard InChI is InChI=1S/C36H37N2O5SeSi/c1-34(2,3)45(25-17-8-6-9-18-25,26-19-10-7-11-20-26)40-23-29-36(30-31(41-29)43-35(4,5)42-30)32(39)38(33(44)37-36)28-22-14-16-24-15-12-13-21-27(24)28/h6-22,29-31H,23H2,1-5H3/t29-,30-,31+,36-/m1/s1. The summed E-state index contributed by atoms with van der Waals surface area (Å²) < 4.78 is 27.0. The van der Waals surface area contributed by atoms with Crippen LogP contribution in [0.5, 0.6) is 0 Å². The summed E-state index contributed by atoms with van der Waals surface area (Å²) in [5.74, 6) is -1.16. The van der Waals surface area contributed by atoms with Gasteiger partial charge < -0.3 is 0 Å². The average molecular weight is 685 g/mol. The van der Waals surface area contributed by atoms with Crippen molar-refractivity contribution in [3.63, 3.8) is 0 Å². The van der Waals surface area contributed by atoms with Gasteiger partial charge >= 0.3 is 274 Å². The molecule has 3 heterocycles. The van der Waals surface area contributed by atoms with Crippen molar-refractivity contribution >= 4 is 61.8 Å². The molecule has 1 spiro atoms. The third kappa shape index (κ3) is 4.76. The number of hydrogen-bond donors (Lipinski definition) is 0. The minimum absolute atomic E-state index is 0.124. The van der Waals surface area contributed by atoms with Gasteiger partial charge in [-0.2, -0.15) is 0 Å². The summed E-state index contributed by atoms with van der Waals surface area (Å²) in [5.41, 5.74) is -0.665. The van der Waals surface area contributed by atoms with Gasteiger partial charge in [0.1, 0.15) is 0 Å². The van der Waals surface area contributed by atoms with E-state index in [-0.39, 0.29) is 17.6 Å².